The minimum atomic E-state index is -1.79. The SMILES string of the molecule is CC/C=C\C/C=C\C/C=C\C/C=C\C/C=C\C/C=C\CCC(=O)NCCCC[C@H](CC(=O)[C@H](CCCCNC(=O)CC/C=C\C/C=C\C/C=C\C/C=C\C/C=C\C/C=C\CC)NC(=O)CCCCCN=[N+]=[N-])C(=O)CCC(=O)NCCCC[C@H](NC(=O)O[C@@H]1C(O)[C@@H](OC)OC(CO[C@@H]2OC(COC)[C@@H](O)[C@H](O)C2O)[C@H]1O)C(=O)OCC. The molecule has 0 aromatic rings. The van der Waals surface area contributed by atoms with E-state index in [0.29, 0.717) is 90.1 Å². The molecule has 117 heavy (non-hydrogen) atoms. The number of nitrogens with zero attached hydrogens (tertiary/aromatic N) is 3. The Kier molecular flexibility index (Phi) is 63.4. The Bertz CT molecular complexity index is 3190. The third-order valence-electron chi connectivity index (χ3n) is 18.9. The van der Waals surface area contributed by atoms with Gasteiger partial charge in [-0.1, -0.05) is 178 Å². The molecule has 2 fully saturated rings. The lowest BCUT2D eigenvalue weighted by atomic mass is 9.87. The first-order valence-corrected chi connectivity index (χ1v) is 42.3. The predicted octanol–water partition coefficient (Wildman–Crippen LogP) is 12.7. The summed E-state index contributed by atoms with van der Waals surface area (Å²) in [6.07, 6.45) is 50.8. The lowest BCUT2D eigenvalue weighted by Crippen LogP contribution is -2.62. The zero-order chi connectivity index (χ0) is 85.6. The molecule has 10 N–H and O–H groups in total. The molecule has 28 nitrogen and oxygen atoms in total. The number of rotatable bonds is 67. The Hall–Kier alpha value is -8.25. The van der Waals surface area contributed by atoms with Crippen LogP contribution in [-0.4, -0.2) is 207 Å². The molecule has 0 aliphatic carbocycles. The highest BCUT2D eigenvalue weighted by atomic mass is 16.7. The first-order chi connectivity index (χ1) is 56.8. The van der Waals surface area contributed by atoms with Crippen LogP contribution in [0.3, 0.4) is 0 Å². The van der Waals surface area contributed by atoms with Gasteiger partial charge in [0.1, 0.15) is 54.6 Å². The maximum absolute atomic E-state index is 14.5. The highest BCUT2D eigenvalue weighted by Gasteiger charge is 2.50. The second kappa shape index (κ2) is 70.7. The number of carbonyl (C=O) groups is 8. The summed E-state index contributed by atoms with van der Waals surface area (Å²) in [6, 6.07) is -2.25. The van der Waals surface area contributed by atoms with Gasteiger partial charge in [0.2, 0.25) is 23.6 Å². The summed E-state index contributed by atoms with van der Waals surface area (Å²) in [4.78, 5) is 111. The molecule has 13 atom stereocenters. The van der Waals surface area contributed by atoms with E-state index in [1.165, 1.54) is 14.2 Å². The Morgan fingerprint density at radius 2 is 0.880 bits per heavy atom. The zero-order valence-electron chi connectivity index (χ0n) is 70.1. The van der Waals surface area contributed by atoms with Gasteiger partial charge in [-0.2, -0.15) is 0 Å². The minimum absolute atomic E-state index is 0.0143. The van der Waals surface area contributed by atoms with Crippen molar-refractivity contribution >= 4 is 47.3 Å². The van der Waals surface area contributed by atoms with Gasteiger partial charge in [0.15, 0.2) is 24.5 Å². The average molecular weight is 1640 g/mol. The maximum Gasteiger partial charge on any atom is 0.408 e. The van der Waals surface area contributed by atoms with E-state index in [0.717, 1.165) is 77.0 Å². The number of aliphatic hydroxyl groups is 5. The second-order valence-electron chi connectivity index (χ2n) is 28.5. The molecule has 0 aromatic heterocycles. The topological polar surface area (TPSA) is 411 Å². The molecule has 0 bridgehead atoms. The third-order valence-corrected chi connectivity index (χ3v) is 18.9. The van der Waals surface area contributed by atoms with Gasteiger partial charge in [0.25, 0.3) is 0 Å². The Balaban J connectivity index is 2.10. The van der Waals surface area contributed by atoms with Crippen molar-refractivity contribution in [2.45, 2.75) is 300 Å². The molecular formula is C89H140N8O20. The van der Waals surface area contributed by atoms with Crippen LogP contribution in [0, 0.1) is 5.92 Å². The Morgan fingerprint density at radius 1 is 0.436 bits per heavy atom. The summed E-state index contributed by atoms with van der Waals surface area (Å²) < 4.78 is 37.8. The monoisotopic (exact) mass is 1640 g/mol. The van der Waals surface area contributed by atoms with Crippen LogP contribution in [0.2, 0.25) is 0 Å². The van der Waals surface area contributed by atoms with Crippen LogP contribution in [0.4, 0.5) is 4.79 Å². The van der Waals surface area contributed by atoms with Crippen molar-refractivity contribution in [2.75, 3.05) is 60.2 Å². The number of methoxy groups -OCH3 is 2. The third kappa shape index (κ3) is 52.3. The molecular weight excluding hydrogens is 1500 g/mol. The number of hydrogen-bond acceptors (Lipinski definition) is 21. The number of esters is 1. The highest BCUT2D eigenvalue weighted by Crippen LogP contribution is 2.28. The van der Waals surface area contributed by atoms with Gasteiger partial charge in [0, 0.05) is 89.8 Å². The first-order valence-electron chi connectivity index (χ1n) is 42.3. The van der Waals surface area contributed by atoms with Crippen molar-refractivity contribution in [2.24, 2.45) is 11.0 Å². The van der Waals surface area contributed by atoms with Gasteiger partial charge >= 0.3 is 12.1 Å². The number of alkyl carbamates (subject to hydrolysis) is 1. The smallest absolute Gasteiger partial charge is 0.408 e. The maximum atomic E-state index is 14.5. The summed E-state index contributed by atoms with van der Waals surface area (Å²) in [7, 11) is 2.52. The van der Waals surface area contributed by atoms with Crippen LogP contribution < -0.4 is 26.6 Å². The highest BCUT2D eigenvalue weighted by molar-refractivity contribution is 5.94. The first kappa shape index (κ1) is 105. The number of amides is 5. The van der Waals surface area contributed by atoms with Crippen LogP contribution in [0.1, 0.15) is 226 Å². The summed E-state index contributed by atoms with van der Waals surface area (Å²) in [5.74, 6) is -3.39. The van der Waals surface area contributed by atoms with Crippen molar-refractivity contribution < 1.29 is 97.0 Å². The second-order valence-corrected chi connectivity index (χ2v) is 28.5. The fourth-order valence-corrected chi connectivity index (χ4v) is 12.3. The number of allylic oxidation sites excluding steroid dienone is 24. The Morgan fingerprint density at radius 3 is 1.34 bits per heavy atom. The number of hydrogen-bond donors (Lipinski definition) is 10. The van der Waals surface area contributed by atoms with Crippen molar-refractivity contribution in [3.63, 3.8) is 0 Å². The number of ketones is 2. The van der Waals surface area contributed by atoms with Crippen LogP contribution >= 0.6 is 0 Å². The molecule has 2 aliphatic rings. The lowest BCUT2D eigenvalue weighted by Gasteiger charge is -2.43. The number of carbonyl (C=O) groups excluding carboxylic acids is 8. The largest absolute Gasteiger partial charge is 0.464 e. The number of ether oxygens (including phenoxy) is 7. The molecule has 2 saturated heterocycles. The van der Waals surface area contributed by atoms with E-state index in [4.69, 9.17) is 38.7 Å². The standard InChI is InChI=1S/C89H140N8O20/c1-6-9-11-13-15-17-19-21-23-25-27-29-31-33-35-37-39-41-44-57-76(100)91-62-51-47-54-69(66-73(99)70(95-79(103)59-46-43-50-65-94-97-90)55-48-52-63-92-77(101)58-45-42-40-38-36-34-32-30-28-26-24-22-20-18-16-14-12-10-7-2)72(98)60-61-78(102)93-64-53-49-56-71(86(109)113-8-3)96-89(110)117-85-81(105)75(115-87(112-5)84(85)108)68-114-88-83(107)82(106)80(104)74(116-88)67-111-4/h9-12,15-18,21-24,27-30,33-36,39-42,69-71,74-75,80-85,87-88,104-108H,6-8,13-14,19-20,25-26,31-32,37-38,43-68H2,1-5H3,(H,91,100)(H,92,101)(H,93,102)(H,95,103)(H,96,110)/b11-9-,12-10-,17-15-,18-16-,23-21-,24-22-,29-27-,30-28-,35-33-,36-34-,41-39-,42-40-/t69-,70+,71+,74?,75?,80-,81-,82+,83?,84?,85+,87+,88-/m1/s1. The van der Waals surface area contributed by atoms with E-state index in [1.807, 2.05) is 24.3 Å². The van der Waals surface area contributed by atoms with Crippen LogP contribution in [0.25, 0.3) is 10.4 Å². The molecule has 2 heterocycles. The van der Waals surface area contributed by atoms with E-state index in [2.05, 4.69) is 172 Å². The van der Waals surface area contributed by atoms with Gasteiger partial charge in [-0.15, -0.1) is 0 Å². The number of aliphatic hydroxyl groups excluding tert-OH is 5. The fraction of sp³-hybridized carbons (Fsp3) is 0.640. The van der Waals surface area contributed by atoms with Gasteiger partial charge < -0.3 is 85.3 Å². The fourth-order valence-electron chi connectivity index (χ4n) is 12.3. The van der Waals surface area contributed by atoms with E-state index >= 15 is 0 Å². The quantitative estimate of drug-likeness (QED) is 0.00675. The molecule has 28 heteroatoms. The van der Waals surface area contributed by atoms with Gasteiger partial charge in [-0.25, -0.2) is 9.59 Å². The van der Waals surface area contributed by atoms with Gasteiger partial charge in [0.05, 0.1) is 25.9 Å². The number of azide groups is 1. The number of nitrogens with one attached hydrogen (secondary N) is 5. The molecule has 2 rings (SSSR count). The molecule has 0 spiro atoms. The van der Waals surface area contributed by atoms with E-state index < -0.39 is 104 Å². The molecule has 4 unspecified atom stereocenters. The van der Waals surface area contributed by atoms with Crippen LogP contribution in [-0.2, 0) is 66.7 Å². The molecule has 2 aliphatic heterocycles. The zero-order valence-corrected chi connectivity index (χ0v) is 70.1. The predicted molar refractivity (Wildman–Crippen MR) is 453 cm³/mol. The normalized spacial score (nSPS) is 20.8. The summed E-state index contributed by atoms with van der Waals surface area (Å²) in [5.41, 5.74) is 8.69. The van der Waals surface area contributed by atoms with Crippen LogP contribution in [0.15, 0.2) is 151 Å². The lowest BCUT2D eigenvalue weighted by molar-refractivity contribution is -0.328. The summed E-state index contributed by atoms with van der Waals surface area (Å²) in [5, 5.41) is 71.2. The van der Waals surface area contributed by atoms with E-state index in [-0.39, 0.29) is 107 Å². The Labute approximate surface area is 695 Å². The minimum Gasteiger partial charge on any atom is -0.464 e. The van der Waals surface area contributed by atoms with E-state index in [9.17, 15) is 63.9 Å². The van der Waals surface area contributed by atoms with Crippen molar-refractivity contribution in [1.82, 2.24) is 26.6 Å². The van der Waals surface area contributed by atoms with Crippen LogP contribution in [0.5, 0.6) is 0 Å². The molecule has 656 valence electrons. The van der Waals surface area contributed by atoms with Crippen molar-refractivity contribution in [1.29, 1.82) is 0 Å². The van der Waals surface area contributed by atoms with Crippen molar-refractivity contribution in [3.05, 3.63) is 156 Å². The number of unbranched alkanes of at least 4 members (excludes halogenated alkanes) is 5. The van der Waals surface area contributed by atoms with Gasteiger partial charge in [-0.3, -0.25) is 28.8 Å². The van der Waals surface area contributed by atoms with Crippen molar-refractivity contribution in [3.8, 4) is 0 Å². The summed E-state index contributed by atoms with van der Waals surface area (Å²) >= 11 is 0. The molecule has 0 radical (unpaired) electrons. The summed E-state index contributed by atoms with van der Waals surface area (Å²) in [6.45, 7) is 6.12. The average Bonchev–Trinajstić information content (AvgIpc) is 0.800. The molecule has 0 saturated carbocycles. The number of Topliss-reactive ketones (excluding diaryl/α,β-unsaturated/α-hetero) is 2. The van der Waals surface area contributed by atoms with Gasteiger partial charge in [-0.05, 0) is 167 Å². The molecule has 5 amide bonds. The molecule has 0 aromatic carbocycles. The van der Waals surface area contributed by atoms with E-state index in [1.54, 1.807) is 6.92 Å².